The van der Waals surface area contributed by atoms with E-state index in [0.717, 1.165) is 24.2 Å². The van der Waals surface area contributed by atoms with Gasteiger partial charge in [0.05, 0.1) is 17.7 Å². The van der Waals surface area contributed by atoms with E-state index in [1.54, 1.807) is 30.3 Å². The van der Waals surface area contributed by atoms with Crippen LogP contribution in [0.4, 0.5) is 5.69 Å². The number of benzene rings is 2. The molecule has 0 aromatic heterocycles. The van der Waals surface area contributed by atoms with E-state index in [1.165, 1.54) is 13.2 Å². The van der Waals surface area contributed by atoms with Crippen LogP contribution in [-0.2, 0) is 16.4 Å². The van der Waals surface area contributed by atoms with Crippen LogP contribution in [0.25, 0.3) is 0 Å². The van der Waals surface area contributed by atoms with Crippen molar-refractivity contribution in [3.63, 3.8) is 0 Å². The van der Waals surface area contributed by atoms with Gasteiger partial charge in [0.25, 0.3) is 10.0 Å². The number of hydrogen-bond donors (Lipinski definition) is 1. The number of halogens is 1. The summed E-state index contributed by atoms with van der Waals surface area (Å²) in [5, 5.41) is 0.416. The second-order valence-electron chi connectivity index (χ2n) is 6.58. The summed E-state index contributed by atoms with van der Waals surface area (Å²) in [6.45, 7) is 4.04. The summed E-state index contributed by atoms with van der Waals surface area (Å²) in [7, 11) is -2.30. The molecule has 3 rings (SSSR count). The first-order valence-corrected chi connectivity index (χ1v) is 9.75. The highest BCUT2D eigenvalue weighted by molar-refractivity contribution is 7.92. The molecule has 0 saturated heterocycles. The lowest BCUT2D eigenvalue weighted by molar-refractivity contribution is 0.0845. The maximum absolute atomic E-state index is 12.7. The van der Waals surface area contributed by atoms with Gasteiger partial charge in [0, 0.05) is 5.02 Å². The number of hydrogen-bond acceptors (Lipinski definition) is 4. The number of ether oxygens (including phenoxy) is 2. The van der Waals surface area contributed by atoms with Crippen molar-refractivity contribution in [2.24, 2.45) is 0 Å². The highest BCUT2D eigenvalue weighted by atomic mass is 35.5. The lowest BCUT2D eigenvalue weighted by atomic mass is 9.94. The highest BCUT2D eigenvalue weighted by Crippen LogP contribution is 2.35. The van der Waals surface area contributed by atoms with E-state index >= 15 is 0 Å². The van der Waals surface area contributed by atoms with Crippen molar-refractivity contribution in [1.82, 2.24) is 0 Å². The van der Waals surface area contributed by atoms with Crippen molar-refractivity contribution in [3.05, 3.63) is 47.0 Å². The van der Waals surface area contributed by atoms with Gasteiger partial charge >= 0.3 is 0 Å². The predicted octanol–water partition coefficient (Wildman–Crippen LogP) is 4.25. The summed E-state index contributed by atoms with van der Waals surface area (Å²) in [5.74, 6) is 1.13. The van der Waals surface area contributed by atoms with Crippen LogP contribution in [0.1, 0.15) is 25.8 Å². The lowest BCUT2D eigenvalue weighted by Crippen LogP contribution is -2.32. The van der Waals surface area contributed by atoms with Gasteiger partial charge in [-0.1, -0.05) is 11.6 Å². The van der Waals surface area contributed by atoms with E-state index < -0.39 is 10.0 Å². The van der Waals surface area contributed by atoms with Crippen LogP contribution in [0.2, 0.25) is 5.02 Å². The first-order valence-electron chi connectivity index (χ1n) is 7.88. The molecule has 0 radical (unpaired) electrons. The molecule has 5 nitrogen and oxygen atoms in total. The zero-order valence-corrected chi connectivity index (χ0v) is 15.9. The molecule has 2 aromatic rings. The van der Waals surface area contributed by atoms with Crippen LogP contribution in [0.3, 0.4) is 0 Å². The van der Waals surface area contributed by atoms with E-state index in [0.29, 0.717) is 16.5 Å². The molecule has 134 valence electrons. The molecular weight excluding hydrogens is 362 g/mol. The van der Waals surface area contributed by atoms with Crippen LogP contribution >= 0.6 is 11.6 Å². The summed E-state index contributed by atoms with van der Waals surface area (Å²) in [6.07, 6.45) is 1.60. The van der Waals surface area contributed by atoms with Crippen LogP contribution in [0.5, 0.6) is 11.5 Å². The standard InChI is InChI=1S/C18H20ClNO4S/c1-18(2)9-8-12-10-14(5-7-16(12)24-18)25(21,22)20-15-11-13(19)4-6-17(15)23-3/h4-7,10-11,20H,8-9H2,1-3H3. The Morgan fingerprint density at radius 2 is 1.96 bits per heavy atom. The second kappa shape index (κ2) is 6.42. The Bertz CT molecular complexity index is 909. The first-order chi connectivity index (χ1) is 11.7. The van der Waals surface area contributed by atoms with Gasteiger partial charge in [0.1, 0.15) is 17.1 Å². The fourth-order valence-corrected chi connectivity index (χ4v) is 4.05. The number of fused-ring (bicyclic) bond motifs is 1. The van der Waals surface area contributed by atoms with Gasteiger partial charge in [0.15, 0.2) is 0 Å². The van der Waals surface area contributed by atoms with Crippen LogP contribution in [0.15, 0.2) is 41.3 Å². The fraction of sp³-hybridized carbons (Fsp3) is 0.333. The fourth-order valence-electron chi connectivity index (χ4n) is 2.77. The molecule has 0 fully saturated rings. The summed E-state index contributed by atoms with van der Waals surface area (Å²) in [4.78, 5) is 0.177. The van der Waals surface area contributed by atoms with Crippen molar-refractivity contribution in [2.45, 2.75) is 37.2 Å². The minimum atomic E-state index is -3.77. The maximum Gasteiger partial charge on any atom is 0.262 e. The van der Waals surface area contributed by atoms with Crippen LogP contribution in [0, 0.1) is 0 Å². The number of sulfonamides is 1. The summed E-state index contributed by atoms with van der Waals surface area (Å²) in [5.41, 5.74) is 0.949. The molecule has 0 unspecified atom stereocenters. The zero-order chi connectivity index (χ0) is 18.2. The second-order valence-corrected chi connectivity index (χ2v) is 8.70. The van der Waals surface area contributed by atoms with Crippen molar-refractivity contribution >= 4 is 27.3 Å². The third-order valence-corrected chi connectivity index (χ3v) is 5.73. The molecule has 0 spiro atoms. The van der Waals surface area contributed by atoms with Gasteiger partial charge in [0.2, 0.25) is 0 Å². The monoisotopic (exact) mass is 381 g/mol. The number of nitrogens with one attached hydrogen (secondary N) is 1. The molecule has 0 aliphatic carbocycles. The van der Waals surface area contributed by atoms with Gasteiger partial charge in [-0.2, -0.15) is 0 Å². The molecule has 25 heavy (non-hydrogen) atoms. The first kappa shape index (κ1) is 17.9. The number of rotatable bonds is 4. The Hall–Kier alpha value is -1.92. The third-order valence-electron chi connectivity index (χ3n) is 4.13. The van der Waals surface area contributed by atoms with Crippen LogP contribution < -0.4 is 14.2 Å². The number of aryl methyl sites for hydroxylation is 1. The van der Waals surface area contributed by atoms with Gasteiger partial charge in [-0.05, 0) is 68.7 Å². The Labute approximate surface area is 153 Å². The quantitative estimate of drug-likeness (QED) is 0.859. The lowest BCUT2D eigenvalue weighted by Gasteiger charge is -2.32. The molecular formula is C18H20ClNO4S. The Morgan fingerprint density at radius 1 is 1.20 bits per heavy atom. The number of methoxy groups -OCH3 is 1. The minimum absolute atomic E-state index is 0.177. The third kappa shape index (κ3) is 3.85. The Kier molecular flexibility index (Phi) is 4.60. The smallest absolute Gasteiger partial charge is 0.262 e. The Morgan fingerprint density at radius 3 is 2.68 bits per heavy atom. The predicted molar refractivity (Wildman–Crippen MR) is 98.3 cm³/mol. The largest absolute Gasteiger partial charge is 0.495 e. The summed E-state index contributed by atoms with van der Waals surface area (Å²) < 4.78 is 39.1. The molecule has 2 aromatic carbocycles. The highest BCUT2D eigenvalue weighted by Gasteiger charge is 2.28. The van der Waals surface area contributed by atoms with Crippen LogP contribution in [-0.4, -0.2) is 21.1 Å². The van der Waals surface area contributed by atoms with Crippen molar-refractivity contribution in [1.29, 1.82) is 0 Å². The van der Waals surface area contributed by atoms with E-state index in [2.05, 4.69) is 4.72 Å². The zero-order valence-electron chi connectivity index (χ0n) is 14.3. The average molecular weight is 382 g/mol. The van der Waals surface area contributed by atoms with Crippen molar-refractivity contribution in [2.75, 3.05) is 11.8 Å². The molecule has 1 aliphatic heterocycles. The molecule has 0 amide bonds. The molecule has 0 saturated carbocycles. The van der Waals surface area contributed by atoms with Crippen molar-refractivity contribution in [3.8, 4) is 11.5 Å². The van der Waals surface area contributed by atoms with E-state index in [4.69, 9.17) is 21.1 Å². The molecule has 0 atom stereocenters. The summed E-state index contributed by atoms with van der Waals surface area (Å²) in [6, 6.07) is 9.67. The topological polar surface area (TPSA) is 64.6 Å². The average Bonchev–Trinajstić information content (AvgIpc) is 2.53. The van der Waals surface area contributed by atoms with E-state index in [1.807, 2.05) is 13.8 Å². The van der Waals surface area contributed by atoms with E-state index in [9.17, 15) is 8.42 Å². The van der Waals surface area contributed by atoms with Crippen molar-refractivity contribution < 1.29 is 17.9 Å². The SMILES string of the molecule is COc1ccc(Cl)cc1NS(=O)(=O)c1ccc2c(c1)CCC(C)(C)O2. The van der Waals surface area contributed by atoms with Gasteiger partial charge in [-0.25, -0.2) is 8.42 Å². The van der Waals surface area contributed by atoms with Gasteiger partial charge < -0.3 is 9.47 Å². The molecule has 7 heteroatoms. The van der Waals surface area contributed by atoms with Gasteiger partial charge in [-0.15, -0.1) is 0 Å². The molecule has 1 N–H and O–H groups in total. The Balaban J connectivity index is 1.93. The summed E-state index contributed by atoms with van der Waals surface area (Å²) >= 11 is 5.96. The maximum atomic E-state index is 12.7. The normalized spacial score (nSPS) is 15.8. The molecule has 0 bridgehead atoms. The molecule has 1 aliphatic rings. The molecule has 1 heterocycles. The van der Waals surface area contributed by atoms with E-state index in [-0.39, 0.29) is 10.5 Å². The minimum Gasteiger partial charge on any atom is -0.495 e. The van der Waals surface area contributed by atoms with Gasteiger partial charge in [-0.3, -0.25) is 4.72 Å². The number of anilines is 1.